The van der Waals surface area contributed by atoms with Gasteiger partial charge < -0.3 is 14.2 Å². The highest BCUT2D eigenvalue weighted by Gasteiger charge is 2.32. The van der Waals surface area contributed by atoms with Crippen LogP contribution in [0.4, 0.5) is 5.69 Å². The number of hydrogen-bond donors (Lipinski definition) is 0. The highest BCUT2D eigenvalue weighted by atomic mass is 16.5. The molecule has 0 radical (unpaired) electrons. The lowest BCUT2D eigenvalue weighted by Crippen LogP contribution is -2.43. The number of fused-ring (bicyclic) bond motifs is 1. The number of nitrogens with zero attached hydrogens (tertiary/aromatic N) is 4. The second kappa shape index (κ2) is 6.11. The minimum absolute atomic E-state index is 0.0672. The molecule has 6 nitrogen and oxygen atoms in total. The van der Waals surface area contributed by atoms with Crippen molar-refractivity contribution in [1.82, 2.24) is 15.1 Å². The molecule has 0 N–H and O–H groups in total. The fourth-order valence-corrected chi connectivity index (χ4v) is 3.53. The van der Waals surface area contributed by atoms with Gasteiger partial charge in [-0.1, -0.05) is 23.4 Å². The monoisotopic (exact) mass is 338 g/mol. The van der Waals surface area contributed by atoms with E-state index in [-0.39, 0.29) is 12.2 Å². The van der Waals surface area contributed by atoms with Crippen molar-refractivity contribution in [2.45, 2.75) is 39.9 Å². The van der Waals surface area contributed by atoms with Gasteiger partial charge in [0.15, 0.2) is 11.9 Å². The summed E-state index contributed by atoms with van der Waals surface area (Å²) in [7, 11) is 0. The largest absolute Gasteiger partial charge is 0.365 e. The maximum Gasteiger partial charge on any atom is 0.257 e. The third kappa shape index (κ3) is 2.87. The molecular formula is C19H22N4O2. The van der Waals surface area contributed by atoms with Crippen LogP contribution in [-0.4, -0.2) is 34.3 Å². The molecule has 25 heavy (non-hydrogen) atoms. The molecule has 1 saturated heterocycles. The van der Waals surface area contributed by atoms with Crippen LogP contribution >= 0.6 is 0 Å². The van der Waals surface area contributed by atoms with Gasteiger partial charge in [-0.25, -0.2) is 0 Å². The molecule has 3 aromatic rings. The maximum atomic E-state index is 6.07. The molecule has 0 spiro atoms. The molecular weight excluding hydrogens is 316 g/mol. The van der Waals surface area contributed by atoms with E-state index < -0.39 is 0 Å². The Morgan fingerprint density at radius 2 is 1.88 bits per heavy atom. The van der Waals surface area contributed by atoms with Crippen molar-refractivity contribution < 1.29 is 9.26 Å². The van der Waals surface area contributed by atoms with Crippen LogP contribution in [0.2, 0.25) is 0 Å². The Morgan fingerprint density at radius 1 is 1.08 bits per heavy atom. The number of hydrogen-bond acceptors (Lipinski definition) is 6. The van der Waals surface area contributed by atoms with Gasteiger partial charge in [-0.05, 0) is 39.3 Å². The topological polar surface area (TPSA) is 64.3 Å². The van der Waals surface area contributed by atoms with Gasteiger partial charge >= 0.3 is 0 Å². The first kappa shape index (κ1) is 16.0. The van der Waals surface area contributed by atoms with Gasteiger partial charge in [0.1, 0.15) is 0 Å². The number of aromatic nitrogens is 3. The number of rotatable bonds is 2. The van der Waals surface area contributed by atoms with E-state index in [1.54, 1.807) is 0 Å². The van der Waals surface area contributed by atoms with Crippen molar-refractivity contribution in [1.29, 1.82) is 0 Å². The molecule has 0 bridgehead atoms. The summed E-state index contributed by atoms with van der Waals surface area (Å²) in [6.45, 7) is 9.59. The molecule has 1 aromatic carbocycles. The smallest absolute Gasteiger partial charge is 0.257 e. The van der Waals surface area contributed by atoms with Gasteiger partial charge in [-0.15, -0.1) is 0 Å². The van der Waals surface area contributed by atoms with E-state index in [0.717, 1.165) is 17.8 Å². The number of morpholine rings is 1. The number of ether oxygens (including phenoxy) is 1. The molecule has 0 amide bonds. The molecule has 1 aliphatic heterocycles. The lowest BCUT2D eigenvalue weighted by Gasteiger charge is -2.38. The van der Waals surface area contributed by atoms with Crippen molar-refractivity contribution in [3.63, 3.8) is 0 Å². The molecule has 0 aliphatic carbocycles. The van der Waals surface area contributed by atoms with E-state index in [0.29, 0.717) is 18.3 Å². The zero-order chi connectivity index (χ0) is 17.6. The maximum absolute atomic E-state index is 6.07. The summed E-state index contributed by atoms with van der Waals surface area (Å²) in [5.41, 5.74) is 4.50. The average molecular weight is 338 g/mol. The van der Waals surface area contributed by atoms with Gasteiger partial charge in [0.2, 0.25) is 0 Å². The molecule has 3 heterocycles. The van der Waals surface area contributed by atoms with Crippen LogP contribution < -0.4 is 4.90 Å². The predicted octanol–water partition coefficient (Wildman–Crippen LogP) is 3.51. The van der Waals surface area contributed by atoms with Crippen LogP contribution in [0.25, 0.3) is 10.9 Å². The van der Waals surface area contributed by atoms with Crippen LogP contribution in [0.5, 0.6) is 0 Å². The van der Waals surface area contributed by atoms with E-state index in [1.165, 1.54) is 16.6 Å². The third-order valence-electron chi connectivity index (χ3n) is 4.74. The van der Waals surface area contributed by atoms with Crippen LogP contribution in [0.1, 0.15) is 36.0 Å². The third-order valence-corrected chi connectivity index (χ3v) is 4.74. The molecule has 4 rings (SSSR count). The van der Waals surface area contributed by atoms with Gasteiger partial charge in [0, 0.05) is 17.6 Å². The number of benzene rings is 1. The SMILES string of the molecule is Cc1noc([C@H]2CN(c3c(C)c(C)nc4ccccc34)C[C@@H](C)O2)n1. The van der Waals surface area contributed by atoms with E-state index >= 15 is 0 Å². The summed E-state index contributed by atoms with van der Waals surface area (Å²) in [5, 5.41) is 5.07. The van der Waals surface area contributed by atoms with Crippen molar-refractivity contribution in [2.24, 2.45) is 0 Å². The average Bonchev–Trinajstić information content (AvgIpc) is 3.02. The minimum Gasteiger partial charge on any atom is -0.365 e. The Kier molecular flexibility index (Phi) is 3.92. The minimum atomic E-state index is -0.225. The second-order valence-corrected chi connectivity index (χ2v) is 6.71. The second-order valence-electron chi connectivity index (χ2n) is 6.71. The van der Waals surface area contributed by atoms with Crippen molar-refractivity contribution in [2.75, 3.05) is 18.0 Å². The van der Waals surface area contributed by atoms with Gasteiger partial charge in [0.05, 0.1) is 23.9 Å². The molecule has 2 aromatic heterocycles. The van der Waals surface area contributed by atoms with E-state index in [2.05, 4.69) is 54.0 Å². The first-order chi connectivity index (χ1) is 12.0. The number of para-hydroxylation sites is 1. The summed E-state index contributed by atoms with van der Waals surface area (Å²) >= 11 is 0. The summed E-state index contributed by atoms with van der Waals surface area (Å²) in [4.78, 5) is 11.5. The van der Waals surface area contributed by atoms with Crippen LogP contribution in [-0.2, 0) is 4.74 Å². The Labute approximate surface area is 146 Å². The van der Waals surface area contributed by atoms with Gasteiger partial charge in [0.25, 0.3) is 5.89 Å². The highest BCUT2D eigenvalue weighted by molar-refractivity contribution is 5.94. The predicted molar refractivity (Wildman–Crippen MR) is 95.8 cm³/mol. The zero-order valence-electron chi connectivity index (χ0n) is 15.0. The lowest BCUT2D eigenvalue weighted by molar-refractivity contribution is -0.0331. The Balaban J connectivity index is 1.78. The van der Waals surface area contributed by atoms with Gasteiger partial charge in [-0.3, -0.25) is 4.98 Å². The molecule has 1 aliphatic rings. The number of pyridine rings is 1. The summed E-state index contributed by atoms with van der Waals surface area (Å²) < 4.78 is 11.4. The van der Waals surface area contributed by atoms with Gasteiger partial charge in [-0.2, -0.15) is 4.98 Å². The number of anilines is 1. The fourth-order valence-electron chi connectivity index (χ4n) is 3.53. The molecule has 1 fully saturated rings. The van der Waals surface area contributed by atoms with Crippen molar-refractivity contribution in [3.8, 4) is 0 Å². The summed E-state index contributed by atoms with van der Waals surface area (Å²) in [6, 6.07) is 8.29. The quantitative estimate of drug-likeness (QED) is 0.712. The Hall–Kier alpha value is -2.47. The fraction of sp³-hybridized carbons (Fsp3) is 0.421. The molecule has 0 saturated carbocycles. The normalized spacial score (nSPS) is 21.0. The molecule has 2 atom stereocenters. The summed E-state index contributed by atoms with van der Waals surface area (Å²) in [5.74, 6) is 1.17. The molecule has 6 heteroatoms. The summed E-state index contributed by atoms with van der Waals surface area (Å²) in [6.07, 6.45) is -0.158. The Morgan fingerprint density at radius 3 is 2.64 bits per heavy atom. The van der Waals surface area contributed by atoms with E-state index in [9.17, 15) is 0 Å². The van der Waals surface area contributed by atoms with Crippen LogP contribution in [0, 0.1) is 20.8 Å². The first-order valence-electron chi connectivity index (χ1n) is 8.59. The number of aryl methyl sites for hydroxylation is 2. The lowest BCUT2D eigenvalue weighted by atomic mass is 10.0. The van der Waals surface area contributed by atoms with Crippen molar-refractivity contribution >= 4 is 16.6 Å². The molecule has 130 valence electrons. The standard InChI is InChI=1S/C19H22N4O2/c1-11-9-23(10-17(24-11)19-21-14(4)22-25-19)18-12(2)13(3)20-16-8-6-5-7-15(16)18/h5-8,11,17H,9-10H2,1-4H3/t11-,17-/m1/s1. The van der Waals surface area contributed by atoms with Crippen molar-refractivity contribution in [3.05, 3.63) is 47.2 Å². The van der Waals surface area contributed by atoms with Crippen LogP contribution in [0.15, 0.2) is 28.8 Å². The van der Waals surface area contributed by atoms with E-state index in [1.807, 2.05) is 13.0 Å². The Bertz CT molecular complexity index is 921. The molecule has 0 unspecified atom stereocenters. The van der Waals surface area contributed by atoms with E-state index in [4.69, 9.17) is 14.2 Å². The van der Waals surface area contributed by atoms with Crippen LogP contribution in [0.3, 0.4) is 0 Å². The highest BCUT2D eigenvalue weighted by Crippen LogP contribution is 2.35. The zero-order valence-corrected chi connectivity index (χ0v) is 15.0. The first-order valence-corrected chi connectivity index (χ1v) is 8.59.